The van der Waals surface area contributed by atoms with Gasteiger partial charge in [-0.25, -0.2) is 0 Å². The average Bonchev–Trinajstić information content (AvgIpc) is 2.92. The van der Waals surface area contributed by atoms with E-state index in [1.165, 1.54) is 5.56 Å². The van der Waals surface area contributed by atoms with E-state index in [1.54, 1.807) is 0 Å². The number of carbonyl (C=O) groups is 1. The van der Waals surface area contributed by atoms with Gasteiger partial charge in [-0.3, -0.25) is 4.79 Å². The molecule has 4 heteroatoms. The fraction of sp³-hybridized carbons (Fsp3) is 0.533. The van der Waals surface area contributed by atoms with Crippen molar-refractivity contribution < 1.29 is 4.79 Å². The van der Waals surface area contributed by atoms with Gasteiger partial charge in [0.2, 0.25) is 5.91 Å². The van der Waals surface area contributed by atoms with Gasteiger partial charge in [-0.05, 0) is 57.6 Å². The van der Waals surface area contributed by atoms with Gasteiger partial charge in [-0.15, -0.1) is 0 Å². The number of amides is 1. The summed E-state index contributed by atoms with van der Waals surface area (Å²) in [5.41, 5.74) is 2.18. The van der Waals surface area contributed by atoms with Gasteiger partial charge in [-0.2, -0.15) is 0 Å². The number of benzene rings is 1. The van der Waals surface area contributed by atoms with E-state index in [4.69, 9.17) is 0 Å². The molecule has 1 aliphatic heterocycles. The largest absolute Gasteiger partial charge is 0.325 e. The Kier molecular flexibility index (Phi) is 4.93. The second-order valence-corrected chi connectivity index (χ2v) is 5.39. The van der Waals surface area contributed by atoms with Crippen LogP contribution in [-0.2, 0) is 11.2 Å². The van der Waals surface area contributed by atoms with E-state index in [0.29, 0.717) is 0 Å². The van der Waals surface area contributed by atoms with Crippen LogP contribution in [0.4, 0.5) is 5.69 Å². The van der Waals surface area contributed by atoms with Gasteiger partial charge in [0.15, 0.2) is 0 Å². The Morgan fingerprint density at radius 3 is 2.68 bits per heavy atom. The van der Waals surface area contributed by atoms with Crippen LogP contribution in [0.2, 0.25) is 0 Å². The minimum atomic E-state index is -0.0200. The summed E-state index contributed by atoms with van der Waals surface area (Å²) in [5, 5.41) is 6.17. The minimum absolute atomic E-state index is 0.0200. The number of nitrogens with zero attached hydrogens (tertiary/aromatic N) is 1. The molecular formula is C15H23N3O. The Morgan fingerprint density at radius 2 is 2.11 bits per heavy atom. The highest BCUT2D eigenvalue weighted by molar-refractivity contribution is 5.95. The number of hydrogen-bond acceptors (Lipinski definition) is 3. The lowest BCUT2D eigenvalue weighted by Gasteiger charge is -2.12. The van der Waals surface area contributed by atoms with E-state index in [1.807, 2.05) is 12.1 Å². The highest BCUT2D eigenvalue weighted by atomic mass is 16.2. The lowest BCUT2D eigenvalue weighted by molar-refractivity contribution is -0.117. The van der Waals surface area contributed by atoms with E-state index >= 15 is 0 Å². The average molecular weight is 261 g/mol. The van der Waals surface area contributed by atoms with E-state index in [-0.39, 0.29) is 11.9 Å². The zero-order valence-electron chi connectivity index (χ0n) is 11.8. The minimum Gasteiger partial charge on any atom is -0.325 e. The topological polar surface area (TPSA) is 44.4 Å². The van der Waals surface area contributed by atoms with Crippen molar-refractivity contribution in [2.75, 3.05) is 32.5 Å². The molecule has 0 spiro atoms. The predicted octanol–water partition coefficient (Wildman–Crippen LogP) is 1.48. The van der Waals surface area contributed by atoms with Gasteiger partial charge in [0.05, 0.1) is 6.04 Å². The van der Waals surface area contributed by atoms with Crippen LogP contribution in [0.15, 0.2) is 24.3 Å². The summed E-state index contributed by atoms with van der Waals surface area (Å²) in [6.07, 6.45) is 3.06. The summed E-state index contributed by atoms with van der Waals surface area (Å²) in [6.45, 7) is 1.99. The number of rotatable bonds is 5. The number of nitrogens with one attached hydrogen (secondary N) is 2. The van der Waals surface area contributed by atoms with Gasteiger partial charge in [0.1, 0.15) is 0 Å². The number of hydrogen-bond donors (Lipinski definition) is 2. The van der Waals surface area contributed by atoms with Gasteiger partial charge in [0.25, 0.3) is 0 Å². The molecule has 1 atom stereocenters. The van der Waals surface area contributed by atoms with Crippen molar-refractivity contribution in [2.45, 2.75) is 25.3 Å². The lowest BCUT2D eigenvalue weighted by atomic mass is 10.1. The van der Waals surface area contributed by atoms with Crippen LogP contribution < -0.4 is 10.6 Å². The molecule has 2 rings (SSSR count). The van der Waals surface area contributed by atoms with Crippen LogP contribution in [0.25, 0.3) is 0 Å². The third kappa shape index (κ3) is 4.33. The summed E-state index contributed by atoms with van der Waals surface area (Å²) in [5.74, 6) is 0.0820. The molecule has 1 amide bonds. The molecule has 0 saturated carbocycles. The van der Waals surface area contributed by atoms with Gasteiger partial charge in [-0.1, -0.05) is 12.1 Å². The molecule has 0 aliphatic carbocycles. The first kappa shape index (κ1) is 14.0. The van der Waals surface area contributed by atoms with Gasteiger partial charge < -0.3 is 15.5 Å². The highest BCUT2D eigenvalue weighted by Crippen LogP contribution is 2.13. The number of likely N-dealkylation sites (N-methyl/N-ethyl adjacent to an activating group) is 1. The molecule has 1 unspecified atom stereocenters. The molecule has 1 aromatic rings. The van der Waals surface area contributed by atoms with Crippen LogP contribution in [0.3, 0.4) is 0 Å². The van der Waals surface area contributed by atoms with Crippen molar-refractivity contribution in [3.05, 3.63) is 29.8 Å². The summed E-state index contributed by atoms with van der Waals surface area (Å²) < 4.78 is 0. The Bertz CT molecular complexity index is 408. The van der Waals surface area contributed by atoms with Crippen molar-refractivity contribution in [1.29, 1.82) is 0 Å². The van der Waals surface area contributed by atoms with Crippen LogP contribution in [0, 0.1) is 0 Å². The molecule has 1 fully saturated rings. The summed E-state index contributed by atoms with van der Waals surface area (Å²) >= 11 is 0. The molecule has 0 aromatic heterocycles. The quantitative estimate of drug-likeness (QED) is 0.844. The first-order valence-corrected chi connectivity index (χ1v) is 6.93. The number of anilines is 1. The van der Waals surface area contributed by atoms with Crippen LogP contribution in [-0.4, -0.2) is 44.0 Å². The van der Waals surface area contributed by atoms with E-state index in [0.717, 1.165) is 38.0 Å². The summed E-state index contributed by atoms with van der Waals surface area (Å²) in [4.78, 5) is 14.1. The lowest BCUT2D eigenvalue weighted by Crippen LogP contribution is -2.35. The first-order valence-electron chi connectivity index (χ1n) is 6.93. The molecular weight excluding hydrogens is 238 g/mol. The van der Waals surface area contributed by atoms with Gasteiger partial charge in [0, 0.05) is 12.2 Å². The van der Waals surface area contributed by atoms with E-state index < -0.39 is 0 Å². The Morgan fingerprint density at radius 1 is 1.37 bits per heavy atom. The van der Waals surface area contributed by atoms with Crippen molar-refractivity contribution in [3.8, 4) is 0 Å². The standard InChI is InChI=1S/C15H23N3O/c1-18(2)11-9-12-5-7-13(8-6-12)17-15(19)14-4-3-10-16-14/h5-8,14,16H,3-4,9-11H2,1-2H3,(H,17,19). The van der Waals surface area contributed by atoms with Crippen molar-refractivity contribution in [3.63, 3.8) is 0 Å². The smallest absolute Gasteiger partial charge is 0.241 e. The number of carbonyl (C=O) groups excluding carboxylic acids is 1. The van der Waals surface area contributed by atoms with Crippen molar-refractivity contribution in [2.24, 2.45) is 0 Å². The molecule has 1 saturated heterocycles. The zero-order valence-corrected chi connectivity index (χ0v) is 11.8. The second-order valence-electron chi connectivity index (χ2n) is 5.39. The normalized spacial score (nSPS) is 18.8. The molecule has 1 heterocycles. The predicted molar refractivity (Wildman–Crippen MR) is 78.4 cm³/mol. The van der Waals surface area contributed by atoms with Crippen LogP contribution in [0.1, 0.15) is 18.4 Å². The monoisotopic (exact) mass is 261 g/mol. The van der Waals surface area contributed by atoms with Crippen LogP contribution >= 0.6 is 0 Å². The fourth-order valence-electron chi connectivity index (χ4n) is 2.25. The van der Waals surface area contributed by atoms with E-state index in [9.17, 15) is 4.79 Å². The molecule has 1 aliphatic rings. The maximum atomic E-state index is 11.9. The summed E-state index contributed by atoms with van der Waals surface area (Å²) in [6, 6.07) is 8.12. The molecule has 104 valence electrons. The zero-order chi connectivity index (χ0) is 13.7. The van der Waals surface area contributed by atoms with Crippen LogP contribution in [0.5, 0.6) is 0 Å². The Labute approximate surface area is 115 Å². The Balaban J connectivity index is 1.85. The SMILES string of the molecule is CN(C)CCc1ccc(NC(=O)C2CCCN2)cc1. The molecule has 2 N–H and O–H groups in total. The molecule has 0 radical (unpaired) electrons. The Hall–Kier alpha value is -1.39. The van der Waals surface area contributed by atoms with Crippen molar-refractivity contribution in [1.82, 2.24) is 10.2 Å². The highest BCUT2D eigenvalue weighted by Gasteiger charge is 2.21. The fourth-order valence-corrected chi connectivity index (χ4v) is 2.25. The first-order chi connectivity index (χ1) is 9.15. The third-order valence-corrected chi connectivity index (χ3v) is 3.45. The maximum Gasteiger partial charge on any atom is 0.241 e. The molecule has 19 heavy (non-hydrogen) atoms. The molecule has 1 aromatic carbocycles. The molecule has 0 bridgehead atoms. The van der Waals surface area contributed by atoms with Gasteiger partial charge >= 0.3 is 0 Å². The second kappa shape index (κ2) is 6.68. The molecule has 4 nitrogen and oxygen atoms in total. The maximum absolute atomic E-state index is 11.9. The van der Waals surface area contributed by atoms with Crippen molar-refractivity contribution >= 4 is 11.6 Å². The summed E-state index contributed by atoms with van der Waals surface area (Å²) in [7, 11) is 4.15. The third-order valence-electron chi connectivity index (χ3n) is 3.45. The van der Waals surface area contributed by atoms with E-state index in [2.05, 4.69) is 41.8 Å².